The molecule has 20 heavy (non-hydrogen) atoms. The molecule has 0 fully saturated rings. The minimum Gasteiger partial charge on any atom is -0.312 e. The number of hydrogen-bond donors (Lipinski definition) is 2. The predicted octanol–water partition coefficient (Wildman–Crippen LogP) is 2.99. The van der Waals surface area contributed by atoms with Gasteiger partial charge in [-0.3, -0.25) is 4.79 Å². The topological polar surface area (TPSA) is 54.0 Å². The average Bonchev–Trinajstić information content (AvgIpc) is 2.94. The molecule has 106 valence electrons. The molecule has 0 saturated heterocycles. The molecule has 0 aliphatic heterocycles. The smallest absolute Gasteiger partial charge is 0.226 e. The van der Waals surface area contributed by atoms with Gasteiger partial charge in [0.1, 0.15) is 0 Å². The third-order valence-corrected chi connectivity index (χ3v) is 3.90. The second-order valence-electron chi connectivity index (χ2n) is 4.62. The standard InChI is InChI=1S/C15H19N3OS/c1-11(16-2)13-10-20-15(17-13)18-14(19)9-8-12-6-4-3-5-7-12/h3-7,10-11,16H,8-9H2,1-2H3,(H,17,18,19). The number of nitrogens with zero attached hydrogens (tertiary/aromatic N) is 1. The van der Waals surface area contributed by atoms with E-state index in [9.17, 15) is 4.79 Å². The van der Waals surface area contributed by atoms with Crippen molar-refractivity contribution in [2.75, 3.05) is 12.4 Å². The Morgan fingerprint density at radius 3 is 2.80 bits per heavy atom. The van der Waals surface area contributed by atoms with Crippen molar-refractivity contribution in [1.29, 1.82) is 0 Å². The molecule has 1 aromatic heterocycles. The summed E-state index contributed by atoms with van der Waals surface area (Å²) in [4.78, 5) is 16.3. The minimum absolute atomic E-state index is 0.00636. The number of benzene rings is 1. The SMILES string of the molecule is CNC(C)c1csc(NC(=O)CCc2ccccc2)n1. The van der Waals surface area contributed by atoms with E-state index in [1.807, 2.05) is 49.7 Å². The molecule has 0 bridgehead atoms. The summed E-state index contributed by atoms with van der Waals surface area (Å²) in [7, 11) is 1.89. The summed E-state index contributed by atoms with van der Waals surface area (Å²) in [5, 5.41) is 8.61. The van der Waals surface area contributed by atoms with E-state index in [2.05, 4.69) is 15.6 Å². The molecule has 1 atom stereocenters. The first-order valence-corrected chi connectivity index (χ1v) is 7.53. The van der Waals surface area contributed by atoms with E-state index < -0.39 is 0 Å². The van der Waals surface area contributed by atoms with Gasteiger partial charge in [-0.25, -0.2) is 4.98 Å². The molecule has 1 amide bonds. The van der Waals surface area contributed by atoms with E-state index in [1.54, 1.807) is 0 Å². The fourth-order valence-electron chi connectivity index (χ4n) is 1.77. The molecule has 2 N–H and O–H groups in total. The van der Waals surface area contributed by atoms with Gasteiger partial charge in [0.05, 0.1) is 5.69 Å². The van der Waals surface area contributed by atoms with Crippen LogP contribution in [-0.4, -0.2) is 17.9 Å². The summed E-state index contributed by atoms with van der Waals surface area (Å²) in [6.07, 6.45) is 1.22. The number of carbonyl (C=O) groups is 1. The van der Waals surface area contributed by atoms with Gasteiger partial charge >= 0.3 is 0 Å². The summed E-state index contributed by atoms with van der Waals surface area (Å²) >= 11 is 1.46. The fraction of sp³-hybridized carbons (Fsp3) is 0.333. The number of hydrogen-bond acceptors (Lipinski definition) is 4. The fourth-order valence-corrected chi connectivity index (χ4v) is 2.59. The Labute approximate surface area is 123 Å². The summed E-state index contributed by atoms with van der Waals surface area (Å²) in [5.41, 5.74) is 2.13. The van der Waals surface area contributed by atoms with E-state index in [-0.39, 0.29) is 11.9 Å². The molecule has 2 rings (SSSR count). The van der Waals surface area contributed by atoms with Crippen LogP contribution in [-0.2, 0) is 11.2 Å². The van der Waals surface area contributed by atoms with Gasteiger partial charge in [-0.15, -0.1) is 11.3 Å². The van der Waals surface area contributed by atoms with Crippen LogP contribution in [0.15, 0.2) is 35.7 Å². The Morgan fingerprint density at radius 2 is 2.10 bits per heavy atom. The van der Waals surface area contributed by atoms with Gasteiger partial charge in [-0.05, 0) is 26.0 Å². The molecule has 0 aliphatic rings. The van der Waals surface area contributed by atoms with Crippen molar-refractivity contribution in [1.82, 2.24) is 10.3 Å². The van der Waals surface area contributed by atoms with Gasteiger partial charge in [0.2, 0.25) is 5.91 Å². The number of anilines is 1. The van der Waals surface area contributed by atoms with E-state index in [4.69, 9.17) is 0 Å². The average molecular weight is 289 g/mol. The quantitative estimate of drug-likeness (QED) is 0.859. The molecule has 1 unspecified atom stereocenters. The van der Waals surface area contributed by atoms with Crippen molar-refractivity contribution < 1.29 is 4.79 Å². The summed E-state index contributed by atoms with van der Waals surface area (Å²) < 4.78 is 0. The number of carbonyl (C=O) groups excluding carboxylic acids is 1. The first-order chi connectivity index (χ1) is 9.69. The number of aryl methyl sites for hydroxylation is 1. The van der Waals surface area contributed by atoms with Crippen LogP contribution in [0.5, 0.6) is 0 Å². The largest absolute Gasteiger partial charge is 0.312 e. The molecular weight excluding hydrogens is 270 g/mol. The molecular formula is C15H19N3OS. The lowest BCUT2D eigenvalue weighted by Gasteiger charge is -2.05. The summed E-state index contributed by atoms with van der Waals surface area (Å²) in [6, 6.07) is 10.2. The predicted molar refractivity (Wildman–Crippen MR) is 83.0 cm³/mol. The van der Waals surface area contributed by atoms with Crippen LogP contribution < -0.4 is 10.6 Å². The number of rotatable bonds is 6. The third kappa shape index (κ3) is 4.15. The van der Waals surface area contributed by atoms with E-state index in [1.165, 1.54) is 16.9 Å². The second-order valence-corrected chi connectivity index (χ2v) is 5.48. The van der Waals surface area contributed by atoms with Gasteiger partial charge in [-0.2, -0.15) is 0 Å². The van der Waals surface area contributed by atoms with Crippen molar-refractivity contribution in [3.8, 4) is 0 Å². The first-order valence-electron chi connectivity index (χ1n) is 6.65. The Morgan fingerprint density at radius 1 is 1.35 bits per heavy atom. The Bertz CT molecular complexity index is 553. The molecule has 0 spiro atoms. The van der Waals surface area contributed by atoms with Crippen molar-refractivity contribution in [3.05, 3.63) is 47.0 Å². The molecule has 1 aromatic carbocycles. The van der Waals surface area contributed by atoms with Gasteiger partial charge in [0, 0.05) is 17.8 Å². The highest BCUT2D eigenvalue weighted by molar-refractivity contribution is 7.13. The highest BCUT2D eigenvalue weighted by atomic mass is 32.1. The van der Waals surface area contributed by atoms with E-state index in [0.717, 1.165) is 12.1 Å². The van der Waals surface area contributed by atoms with Crippen molar-refractivity contribution in [3.63, 3.8) is 0 Å². The van der Waals surface area contributed by atoms with Crippen LogP contribution in [0.4, 0.5) is 5.13 Å². The molecule has 2 aromatic rings. The maximum absolute atomic E-state index is 11.9. The zero-order chi connectivity index (χ0) is 14.4. The van der Waals surface area contributed by atoms with Gasteiger partial charge in [0.15, 0.2) is 5.13 Å². The summed E-state index contributed by atoms with van der Waals surface area (Å²) in [5.74, 6) is 0.00636. The van der Waals surface area contributed by atoms with Gasteiger partial charge < -0.3 is 10.6 Å². The third-order valence-electron chi connectivity index (χ3n) is 3.13. The zero-order valence-electron chi connectivity index (χ0n) is 11.7. The molecule has 0 radical (unpaired) electrons. The van der Waals surface area contributed by atoms with E-state index >= 15 is 0 Å². The lowest BCUT2D eigenvalue weighted by Crippen LogP contribution is -2.14. The van der Waals surface area contributed by atoms with Crippen LogP contribution in [0.2, 0.25) is 0 Å². The molecule has 1 heterocycles. The van der Waals surface area contributed by atoms with Crippen LogP contribution in [0.1, 0.15) is 30.6 Å². The number of thiazole rings is 1. The van der Waals surface area contributed by atoms with Crippen LogP contribution >= 0.6 is 11.3 Å². The first kappa shape index (κ1) is 14.7. The van der Waals surface area contributed by atoms with Crippen LogP contribution in [0, 0.1) is 0 Å². The van der Waals surface area contributed by atoms with Crippen LogP contribution in [0.3, 0.4) is 0 Å². The molecule has 0 saturated carbocycles. The Balaban J connectivity index is 1.84. The Hall–Kier alpha value is -1.72. The van der Waals surface area contributed by atoms with Gasteiger partial charge in [0.25, 0.3) is 0 Å². The van der Waals surface area contributed by atoms with Crippen molar-refractivity contribution in [2.45, 2.75) is 25.8 Å². The lowest BCUT2D eigenvalue weighted by atomic mass is 10.1. The molecule has 0 aliphatic carbocycles. The lowest BCUT2D eigenvalue weighted by molar-refractivity contribution is -0.116. The minimum atomic E-state index is 0.00636. The maximum Gasteiger partial charge on any atom is 0.226 e. The highest BCUT2D eigenvalue weighted by Gasteiger charge is 2.10. The van der Waals surface area contributed by atoms with Gasteiger partial charge in [-0.1, -0.05) is 30.3 Å². The van der Waals surface area contributed by atoms with Crippen molar-refractivity contribution in [2.24, 2.45) is 0 Å². The second kappa shape index (κ2) is 7.17. The number of amides is 1. The van der Waals surface area contributed by atoms with Crippen molar-refractivity contribution >= 4 is 22.4 Å². The molecule has 5 heteroatoms. The maximum atomic E-state index is 11.9. The van der Waals surface area contributed by atoms with E-state index in [0.29, 0.717) is 11.6 Å². The Kier molecular flexibility index (Phi) is 5.26. The van der Waals surface area contributed by atoms with Crippen LogP contribution in [0.25, 0.3) is 0 Å². The number of aromatic nitrogens is 1. The monoisotopic (exact) mass is 289 g/mol. The normalized spacial score (nSPS) is 12.1. The number of nitrogens with one attached hydrogen (secondary N) is 2. The highest BCUT2D eigenvalue weighted by Crippen LogP contribution is 2.20. The molecule has 4 nitrogen and oxygen atoms in total. The zero-order valence-corrected chi connectivity index (χ0v) is 12.5. The summed E-state index contributed by atoms with van der Waals surface area (Å²) in [6.45, 7) is 2.04.